The third-order valence-corrected chi connectivity index (χ3v) is 3.58. The summed E-state index contributed by atoms with van der Waals surface area (Å²) in [5.74, 6) is 0.731. The Morgan fingerprint density at radius 3 is 2.85 bits per heavy atom. The number of hydrogen-bond acceptors (Lipinski definition) is 5. The standard InChI is InChI=1S/C15H21N3OS/c1-10(2)19-15-8-12(4-5-14(15)16)17-7-6-13-9-20-11(3)18-13/h4-5,8-10,17H,6-7,16H2,1-3H3. The van der Waals surface area contributed by atoms with Crippen molar-refractivity contribution < 1.29 is 4.74 Å². The molecule has 5 heteroatoms. The molecule has 0 aliphatic rings. The van der Waals surface area contributed by atoms with E-state index < -0.39 is 0 Å². The Bertz CT molecular complexity index is 566. The van der Waals surface area contributed by atoms with Crippen LogP contribution in [0.3, 0.4) is 0 Å². The first-order valence-electron chi connectivity index (χ1n) is 6.75. The van der Waals surface area contributed by atoms with Gasteiger partial charge in [0.15, 0.2) is 0 Å². The van der Waals surface area contributed by atoms with Crippen LogP contribution in [0.4, 0.5) is 11.4 Å². The summed E-state index contributed by atoms with van der Waals surface area (Å²) in [6.45, 7) is 6.85. The van der Waals surface area contributed by atoms with E-state index in [1.54, 1.807) is 11.3 Å². The summed E-state index contributed by atoms with van der Waals surface area (Å²) in [7, 11) is 0. The van der Waals surface area contributed by atoms with Gasteiger partial charge in [0.1, 0.15) is 5.75 Å². The molecule has 0 aliphatic carbocycles. The fraction of sp³-hybridized carbons (Fsp3) is 0.400. The molecule has 0 saturated heterocycles. The van der Waals surface area contributed by atoms with Gasteiger partial charge in [0.25, 0.3) is 0 Å². The summed E-state index contributed by atoms with van der Waals surface area (Å²) >= 11 is 1.69. The van der Waals surface area contributed by atoms with Gasteiger partial charge in [-0.25, -0.2) is 4.98 Å². The highest BCUT2D eigenvalue weighted by atomic mass is 32.1. The maximum absolute atomic E-state index is 5.90. The van der Waals surface area contributed by atoms with Crippen LogP contribution in [0.5, 0.6) is 5.75 Å². The number of anilines is 2. The van der Waals surface area contributed by atoms with Gasteiger partial charge in [-0.1, -0.05) is 0 Å². The number of ether oxygens (including phenoxy) is 1. The Hall–Kier alpha value is -1.75. The van der Waals surface area contributed by atoms with Crippen molar-refractivity contribution >= 4 is 22.7 Å². The minimum atomic E-state index is 0.116. The van der Waals surface area contributed by atoms with Gasteiger partial charge >= 0.3 is 0 Å². The Balaban J connectivity index is 1.92. The van der Waals surface area contributed by atoms with Crippen LogP contribution in [0, 0.1) is 6.92 Å². The van der Waals surface area contributed by atoms with Crippen LogP contribution in [-0.4, -0.2) is 17.6 Å². The average Bonchev–Trinajstić information content (AvgIpc) is 2.78. The molecule has 2 aromatic rings. The lowest BCUT2D eigenvalue weighted by Gasteiger charge is -2.14. The molecule has 1 aromatic heterocycles. The van der Waals surface area contributed by atoms with Crippen molar-refractivity contribution in [1.82, 2.24) is 4.98 Å². The number of benzene rings is 1. The van der Waals surface area contributed by atoms with E-state index in [0.29, 0.717) is 5.69 Å². The molecule has 0 saturated carbocycles. The van der Waals surface area contributed by atoms with E-state index in [1.165, 1.54) is 0 Å². The summed E-state index contributed by atoms with van der Waals surface area (Å²) in [4.78, 5) is 4.45. The van der Waals surface area contributed by atoms with Gasteiger partial charge in [0, 0.05) is 30.1 Å². The number of nitrogens with two attached hydrogens (primary N) is 1. The van der Waals surface area contributed by atoms with Gasteiger partial charge in [0.05, 0.1) is 22.5 Å². The summed E-state index contributed by atoms with van der Waals surface area (Å²) in [5.41, 5.74) is 8.71. The monoisotopic (exact) mass is 291 g/mol. The maximum atomic E-state index is 5.90. The van der Waals surface area contributed by atoms with Gasteiger partial charge in [0.2, 0.25) is 0 Å². The number of hydrogen-bond donors (Lipinski definition) is 2. The van der Waals surface area contributed by atoms with E-state index in [1.807, 2.05) is 39.0 Å². The highest BCUT2D eigenvalue weighted by Gasteiger charge is 2.05. The number of rotatable bonds is 6. The van der Waals surface area contributed by atoms with Crippen LogP contribution >= 0.6 is 11.3 Å². The molecule has 20 heavy (non-hydrogen) atoms. The molecule has 2 rings (SSSR count). The van der Waals surface area contributed by atoms with Gasteiger partial charge < -0.3 is 15.8 Å². The van der Waals surface area contributed by atoms with Gasteiger partial charge in [-0.15, -0.1) is 11.3 Å². The van der Waals surface area contributed by atoms with E-state index in [4.69, 9.17) is 10.5 Å². The predicted molar refractivity (Wildman–Crippen MR) is 85.7 cm³/mol. The Morgan fingerprint density at radius 1 is 1.40 bits per heavy atom. The van der Waals surface area contributed by atoms with Crippen molar-refractivity contribution in [3.8, 4) is 5.75 Å². The van der Waals surface area contributed by atoms with Crippen LogP contribution < -0.4 is 15.8 Å². The van der Waals surface area contributed by atoms with Crippen LogP contribution in [0.1, 0.15) is 24.5 Å². The topological polar surface area (TPSA) is 60.2 Å². The summed E-state index contributed by atoms with van der Waals surface area (Å²) in [5, 5.41) is 6.59. The van der Waals surface area contributed by atoms with E-state index in [-0.39, 0.29) is 6.10 Å². The highest BCUT2D eigenvalue weighted by Crippen LogP contribution is 2.26. The Kier molecular flexibility index (Phi) is 4.84. The zero-order valence-corrected chi connectivity index (χ0v) is 13.0. The molecule has 0 unspecified atom stereocenters. The van der Waals surface area contributed by atoms with E-state index in [9.17, 15) is 0 Å². The molecule has 0 aliphatic heterocycles. The molecule has 0 bridgehead atoms. The number of nitrogens with zero attached hydrogens (tertiary/aromatic N) is 1. The highest BCUT2D eigenvalue weighted by molar-refractivity contribution is 7.09. The minimum Gasteiger partial charge on any atom is -0.489 e. The lowest BCUT2D eigenvalue weighted by atomic mass is 10.2. The molecule has 1 aromatic carbocycles. The minimum absolute atomic E-state index is 0.116. The summed E-state index contributed by atoms with van der Waals surface area (Å²) in [6, 6.07) is 5.78. The van der Waals surface area contributed by atoms with Crippen LogP contribution in [-0.2, 0) is 6.42 Å². The molecular formula is C15H21N3OS. The smallest absolute Gasteiger partial charge is 0.144 e. The second-order valence-electron chi connectivity index (χ2n) is 4.95. The van der Waals surface area contributed by atoms with E-state index in [0.717, 1.165) is 35.1 Å². The third kappa shape index (κ3) is 4.13. The van der Waals surface area contributed by atoms with Crippen molar-refractivity contribution in [2.75, 3.05) is 17.6 Å². The number of thiazole rings is 1. The number of nitrogens with one attached hydrogen (secondary N) is 1. The Labute approximate surface area is 124 Å². The summed E-state index contributed by atoms with van der Waals surface area (Å²) in [6.07, 6.45) is 1.03. The number of aromatic nitrogens is 1. The molecule has 1 heterocycles. The molecule has 4 nitrogen and oxygen atoms in total. The number of nitrogen functional groups attached to an aromatic ring is 1. The lowest BCUT2D eigenvalue weighted by Crippen LogP contribution is -2.09. The molecule has 0 amide bonds. The van der Waals surface area contributed by atoms with Crippen molar-refractivity contribution in [2.24, 2.45) is 0 Å². The molecule has 0 radical (unpaired) electrons. The Morgan fingerprint density at radius 2 is 2.20 bits per heavy atom. The van der Waals surface area contributed by atoms with Gasteiger partial charge in [-0.05, 0) is 32.9 Å². The maximum Gasteiger partial charge on any atom is 0.144 e. The van der Waals surface area contributed by atoms with Gasteiger partial charge in [-0.3, -0.25) is 0 Å². The van der Waals surface area contributed by atoms with Crippen molar-refractivity contribution in [2.45, 2.75) is 33.3 Å². The fourth-order valence-electron chi connectivity index (χ4n) is 1.86. The first-order chi connectivity index (χ1) is 9.54. The molecule has 0 fully saturated rings. The molecule has 108 valence electrons. The van der Waals surface area contributed by atoms with E-state index in [2.05, 4.69) is 15.7 Å². The largest absolute Gasteiger partial charge is 0.489 e. The molecule has 3 N–H and O–H groups in total. The second kappa shape index (κ2) is 6.61. The number of aryl methyl sites for hydroxylation is 1. The third-order valence-electron chi connectivity index (χ3n) is 2.75. The fourth-order valence-corrected chi connectivity index (χ4v) is 2.51. The van der Waals surface area contributed by atoms with Crippen LogP contribution in [0.25, 0.3) is 0 Å². The van der Waals surface area contributed by atoms with Crippen molar-refractivity contribution in [3.63, 3.8) is 0 Å². The van der Waals surface area contributed by atoms with Crippen LogP contribution in [0.2, 0.25) is 0 Å². The first kappa shape index (κ1) is 14.7. The van der Waals surface area contributed by atoms with Crippen molar-refractivity contribution in [1.29, 1.82) is 0 Å². The van der Waals surface area contributed by atoms with Crippen molar-refractivity contribution in [3.05, 3.63) is 34.3 Å². The lowest BCUT2D eigenvalue weighted by molar-refractivity contribution is 0.244. The average molecular weight is 291 g/mol. The second-order valence-corrected chi connectivity index (χ2v) is 6.02. The normalized spacial score (nSPS) is 10.8. The first-order valence-corrected chi connectivity index (χ1v) is 7.63. The van der Waals surface area contributed by atoms with E-state index >= 15 is 0 Å². The quantitative estimate of drug-likeness (QED) is 0.800. The zero-order valence-electron chi connectivity index (χ0n) is 12.1. The molecule has 0 atom stereocenters. The predicted octanol–water partition coefficient (Wildman–Crippen LogP) is 3.48. The van der Waals surface area contributed by atoms with Gasteiger partial charge in [-0.2, -0.15) is 0 Å². The SMILES string of the molecule is Cc1nc(CCNc2ccc(N)c(OC(C)C)c2)cs1. The molecular weight excluding hydrogens is 270 g/mol. The van der Waals surface area contributed by atoms with Crippen LogP contribution in [0.15, 0.2) is 23.6 Å². The zero-order chi connectivity index (χ0) is 14.5. The summed E-state index contributed by atoms with van der Waals surface area (Å²) < 4.78 is 5.68. The molecule has 0 spiro atoms.